The van der Waals surface area contributed by atoms with Crippen molar-refractivity contribution in [1.29, 1.82) is 0 Å². The molecule has 3 rings (SSSR count). The molecule has 0 spiro atoms. The molecule has 2 N–H and O–H groups in total. The minimum Gasteiger partial charge on any atom is -0.481 e. The second-order valence-electron chi connectivity index (χ2n) is 6.55. The van der Waals surface area contributed by atoms with Crippen LogP contribution in [0, 0.1) is 5.82 Å². The number of pyridine rings is 1. The zero-order chi connectivity index (χ0) is 20.8. The molecule has 2 heterocycles. The molecule has 0 aliphatic carbocycles. The van der Waals surface area contributed by atoms with Crippen molar-refractivity contribution in [1.82, 2.24) is 15.2 Å². The number of carbonyl (C=O) groups is 3. The SMILES string of the molecule is COc1ccc(NC(=O)CCC2NC(=O)N(CCc3cccc(F)c3)C2=O)cn1. The lowest BCUT2D eigenvalue weighted by Crippen LogP contribution is -2.33. The Morgan fingerprint density at radius 2 is 2.14 bits per heavy atom. The second-order valence-corrected chi connectivity index (χ2v) is 6.55. The number of anilines is 1. The Labute approximate surface area is 167 Å². The molecule has 8 nitrogen and oxygen atoms in total. The standard InChI is InChI=1S/C20H21FN4O4/c1-29-18-8-5-15(12-22-18)23-17(26)7-6-16-19(27)25(20(28)24-16)10-9-13-3-2-4-14(21)11-13/h2-5,8,11-12,16H,6-7,9-10H2,1H3,(H,23,26)(H,24,28). The molecular weight excluding hydrogens is 379 g/mol. The fraction of sp³-hybridized carbons (Fsp3) is 0.300. The first-order valence-corrected chi connectivity index (χ1v) is 9.12. The normalized spacial score (nSPS) is 15.9. The predicted octanol–water partition coefficient (Wildman–Crippen LogP) is 2.11. The molecule has 0 bridgehead atoms. The molecule has 1 saturated heterocycles. The second kappa shape index (κ2) is 9.13. The lowest BCUT2D eigenvalue weighted by atomic mass is 10.1. The van der Waals surface area contributed by atoms with Crippen molar-refractivity contribution in [2.75, 3.05) is 19.0 Å². The highest BCUT2D eigenvalue weighted by atomic mass is 19.1. The van der Waals surface area contributed by atoms with Crippen molar-refractivity contribution in [3.8, 4) is 5.88 Å². The number of ether oxygens (including phenoxy) is 1. The van der Waals surface area contributed by atoms with E-state index in [1.54, 1.807) is 24.3 Å². The van der Waals surface area contributed by atoms with Gasteiger partial charge in [0.25, 0.3) is 5.91 Å². The molecule has 1 atom stereocenters. The number of urea groups is 1. The third-order valence-electron chi connectivity index (χ3n) is 4.51. The maximum Gasteiger partial charge on any atom is 0.324 e. The minimum atomic E-state index is -0.755. The summed E-state index contributed by atoms with van der Waals surface area (Å²) in [6, 6.07) is 8.03. The van der Waals surface area contributed by atoms with E-state index < -0.39 is 12.1 Å². The van der Waals surface area contributed by atoms with E-state index in [1.165, 1.54) is 25.4 Å². The maximum atomic E-state index is 13.2. The first-order valence-electron chi connectivity index (χ1n) is 9.12. The summed E-state index contributed by atoms with van der Waals surface area (Å²) in [5.41, 5.74) is 1.20. The van der Waals surface area contributed by atoms with Crippen molar-refractivity contribution in [2.45, 2.75) is 25.3 Å². The van der Waals surface area contributed by atoms with Crippen molar-refractivity contribution in [2.24, 2.45) is 0 Å². The van der Waals surface area contributed by atoms with Gasteiger partial charge in [-0.25, -0.2) is 14.2 Å². The Morgan fingerprint density at radius 1 is 1.31 bits per heavy atom. The molecule has 4 amide bonds. The van der Waals surface area contributed by atoms with Crippen LogP contribution in [0.25, 0.3) is 0 Å². The van der Waals surface area contributed by atoms with Crippen molar-refractivity contribution < 1.29 is 23.5 Å². The summed E-state index contributed by atoms with van der Waals surface area (Å²) >= 11 is 0. The number of rotatable bonds is 8. The number of nitrogens with one attached hydrogen (secondary N) is 2. The van der Waals surface area contributed by atoms with E-state index in [1.807, 2.05) is 0 Å². The molecule has 29 heavy (non-hydrogen) atoms. The van der Waals surface area contributed by atoms with Crippen LogP contribution >= 0.6 is 0 Å². The number of carbonyl (C=O) groups excluding carboxylic acids is 3. The highest BCUT2D eigenvalue weighted by Gasteiger charge is 2.37. The van der Waals surface area contributed by atoms with E-state index in [2.05, 4.69) is 15.6 Å². The molecule has 0 radical (unpaired) electrons. The maximum absolute atomic E-state index is 13.2. The van der Waals surface area contributed by atoms with Crippen LogP contribution in [0.15, 0.2) is 42.6 Å². The molecule has 1 fully saturated rings. The monoisotopic (exact) mass is 400 g/mol. The molecule has 1 aliphatic heterocycles. The van der Waals surface area contributed by atoms with Gasteiger partial charge in [-0.05, 0) is 36.6 Å². The fourth-order valence-electron chi connectivity index (χ4n) is 2.99. The van der Waals surface area contributed by atoms with Crippen LogP contribution in [-0.2, 0) is 16.0 Å². The predicted molar refractivity (Wildman–Crippen MR) is 103 cm³/mol. The molecule has 152 valence electrons. The van der Waals surface area contributed by atoms with Crippen LogP contribution in [0.5, 0.6) is 5.88 Å². The van der Waals surface area contributed by atoms with Crippen LogP contribution in [0.3, 0.4) is 0 Å². The van der Waals surface area contributed by atoms with Gasteiger partial charge in [-0.3, -0.25) is 14.5 Å². The summed E-state index contributed by atoms with van der Waals surface area (Å²) in [4.78, 5) is 41.7. The first-order chi connectivity index (χ1) is 14.0. The van der Waals surface area contributed by atoms with Crippen LogP contribution in [0.1, 0.15) is 18.4 Å². The number of aromatic nitrogens is 1. The topological polar surface area (TPSA) is 101 Å². The van der Waals surface area contributed by atoms with Crippen molar-refractivity contribution in [3.63, 3.8) is 0 Å². The van der Waals surface area contributed by atoms with Crippen molar-refractivity contribution >= 4 is 23.5 Å². The summed E-state index contributed by atoms with van der Waals surface area (Å²) in [5, 5.41) is 5.27. The van der Waals surface area contributed by atoms with Gasteiger partial charge in [0, 0.05) is 19.0 Å². The summed E-state index contributed by atoms with van der Waals surface area (Å²) < 4.78 is 18.2. The average molecular weight is 400 g/mol. The van der Waals surface area contributed by atoms with Gasteiger partial charge < -0.3 is 15.4 Å². The minimum absolute atomic E-state index is 0.0560. The zero-order valence-corrected chi connectivity index (χ0v) is 15.9. The number of imide groups is 1. The number of benzene rings is 1. The Morgan fingerprint density at radius 3 is 2.83 bits per heavy atom. The van der Waals surface area contributed by atoms with E-state index in [0.29, 0.717) is 23.6 Å². The smallest absolute Gasteiger partial charge is 0.324 e. The Bertz CT molecular complexity index is 904. The molecule has 1 aromatic carbocycles. The number of methoxy groups -OCH3 is 1. The van der Waals surface area contributed by atoms with Crippen LogP contribution in [0.2, 0.25) is 0 Å². The number of hydrogen-bond acceptors (Lipinski definition) is 5. The lowest BCUT2D eigenvalue weighted by Gasteiger charge is -2.13. The number of halogens is 1. The van der Waals surface area contributed by atoms with Gasteiger partial charge in [0.15, 0.2) is 0 Å². The van der Waals surface area contributed by atoms with Gasteiger partial charge in [-0.15, -0.1) is 0 Å². The molecule has 2 aromatic rings. The average Bonchev–Trinajstić information content (AvgIpc) is 2.98. The number of hydrogen-bond donors (Lipinski definition) is 2. The van der Waals surface area contributed by atoms with Gasteiger partial charge in [-0.1, -0.05) is 12.1 Å². The highest BCUT2D eigenvalue weighted by Crippen LogP contribution is 2.15. The van der Waals surface area contributed by atoms with Gasteiger partial charge in [-0.2, -0.15) is 0 Å². The summed E-state index contributed by atoms with van der Waals surface area (Å²) in [7, 11) is 1.49. The van der Waals surface area contributed by atoms with E-state index in [0.717, 1.165) is 4.90 Å². The number of nitrogens with zero attached hydrogens (tertiary/aromatic N) is 2. The summed E-state index contributed by atoms with van der Waals surface area (Å²) in [5.74, 6) is -0.612. The Hall–Kier alpha value is -3.49. The van der Waals surface area contributed by atoms with Gasteiger partial charge in [0.05, 0.1) is 19.0 Å². The Kier molecular flexibility index (Phi) is 6.38. The van der Waals surface area contributed by atoms with Crippen LogP contribution in [-0.4, -0.2) is 47.4 Å². The largest absolute Gasteiger partial charge is 0.481 e. The quantitative estimate of drug-likeness (QED) is 0.661. The van der Waals surface area contributed by atoms with Crippen molar-refractivity contribution in [3.05, 3.63) is 54.0 Å². The number of amides is 4. The summed E-state index contributed by atoms with van der Waals surface area (Å²) in [6.45, 7) is 0.147. The van der Waals surface area contributed by atoms with E-state index in [9.17, 15) is 18.8 Å². The van der Waals surface area contributed by atoms with E-state index in [-0.39, 0.29) is 37.0 Å². The first kappa shape index (κ1) is 20.2. The molecule has 1 aromatic heterocycles. The Balaban J connectivity index is 1.48. The van der Waals surface area contributed by atoms with Crippen LogP contribution in [0.4, 0.5) is 14.9 Å². The highest BCUT2D eigenvalue weighted by molar-refractivity contribution is 6.04. The van der Waals surface area contributed by atoms with E-state index >= 15 is 0 Å². The molecule has 9 heteroatoms. The third kappa shape index (κ3) is 5.28. The molecular formula is C20H21FN4O4. The molecule has 1 unspecified atom stereocenters. The van der Waals surface area contributed by atoms with Gasteiger partial charge in [0.2, 0.25) is 11.8 Å². The fourth-order valence-corrected chi connectivity index (χ4v) is 2.99. The lowest BCUT2D eigenvalue weighted by molar-refractivity contribution is -0.127. The molecule has 1 aliphatic rings. The van der Waals surface area contributed by atoms with E-state index in [4.69, 9.17) is 4.74 Å². The third-order valence-corrected chi connectivity index (χ3v) is 4.51. The van der Waals surface area contributed by atoms with Gasteiger partial charge in [0.1, 0.15) is 11.9 Å². The van der Waals surface area contributed by atoms with Crippen LogP contribution < -0.4 is 15.4 Å². The zero-order valence-electron chi connectivity index (χ0n) is 15.9. The summed E-state index contributed by atoms with van der Waals surface area (Å²) in [6.07, 6.45) is 2.05. The molecule has 0 saturated carbocycles. The van der Waals surface area contributed by atoms with Gasteiger partial charge >= 0.3 is 6.03 Å².